The van der Waals surface area contributed by atoms with Gasteiger partial charge in [0, 0.05) is 55.2 Å². The van der Waals surface area contributed by atoms with E-state index in [4.69, 9.17) is 0 Å². The minimum absolute atomic E-state index is 0. The van der Waals surface area contributed by atoms with Gasteiger partial charge in [-0.3, -0.25) is 18.4 Å². The smallest absolute Gasteiger partial charge is 0.881 e. The average molecular weight is 708 g/mol. The van der Waals surface area contributed by atoms with Crippen LogP contribution in [0.3, 0.4) is 0 Å². The van der Waals surface area contributed by atoms with Gasteiger partial charge in [-0.2, -0.15) is 0 Å². The number of amides is 2. The first-order chi connectivity index (χ1) is 17.1. The molecule has 214 valence electrons. The maximum atomic E-state index is 12.2. The summed E-state index contributed by atoms with van der Waals surface area (Å²) in [5.74, 6) is -15.2. The number of carbonyl (C=O) groups is 6. The second-order valence-electron chi connectivity index (χ2n) is 8.06. The molecule has 1 unspecified atom stereocenters. The fourth-order valence-corrected chi connectivity index (χ4v) is 3.68. The summed E-state index contributed by atoms with van der Waals surface area (Å²) < 4.78 is 0. The minimum atomic E-state index is -4.65. The van der Waals surface area contributed by atoms with E-state index in [0.29, 0.717) is 19.3 Å². The minimum Gasteiger partial charge on any atom is -0.881 e. The zero-order valence-electron chi connectivity index (χ0n) is 27.6. The molecule has 2 amide bonds. The molecule has 0 bridgehead atoms. The Labute approximate surface area is 413 Å². The Balaban J connectivity index is -0.0000000769. The number of carboxylic acids is 4. The van der Waals surface area contributed by atoms with Crippen LogP contribution in [0.25, 0.3) is 0 Å². The molecule has 0 spiro atoms. The van der Waals surface area contributed by atoms with Crippen molar-refractivity contribution in [2.45, 2.75) is 64.8 Å². The second kappa shape index (κ2) is 41.3. The Morgan fingerprint density at radius 2 is 1.00 bits per heavy atom. The normalized spacial score (nSPS) is 11.1. The van der Waals surface area contributed by atoms with E-state index in [1.165, 1.54) is 0 Å². The van der Waals surface area contributed by atoms with Gasteiger partial charge in [0.05, 0.1) is 5.92 Å². The van der Waals surface area contributed by atoms with Gasteiger partial charge in [0.25, 0.3) is 0 Å². The van der Waals surface area contributed by atoms with E-state index in [-0.39, 0.29) is 238 Å². The Bertz CT molecular complexity index is 764. The van der Waals surface area contributed by atoms with E-state index >= 15 is 0 Å². The maximum Gasteiger partial charge on any atom is 1.00 e. The molecule has 3 atom stereocenters. The van der Waals surface area contributed by atoms with Crippen molar-refractivity contribution in [2.24, 2.45) is 17.8 Å². The molecule has 0 aliphatic heterocycles. The Hall–Kier alpha value is 3.92. The summed E-state index contributed by atoms with van der Waals surface area (Å²) in [7, 11) is -4.65. The summed E-state index contributed by atoms with van der Waals surface area (Å²) in [4.78, 5) is 97.3. The van der Waals surface area contributed by atoms with Gasteiger partial charge in [-0.25, -0.2) is 0 Å². The first-order valence-electron chi connectivity index (χ1n) is 11.5. The Kier molecular flexibility index (Phi) is 65.4. The third-order valence-electron chi connectivity index (χ3n) is 4.84. The van der Waals surface area contributed by atoms with Gasteiger partial charge in [-0.05, 0) is 32.1 Å². The van der Waals surface area contributed by atoms with E-state index in [2.05, 4.69) is 10.6 Å². The first kappa shape index (κ1) is 69.6. The molecule has 44 heavy (non-hydrogen) atoms. The largest absolute Gasteiger partial charge is 1.00 e. The predicted octanol–water partition coefficient (Wildman–Crippen LogP) is -29.1. The van der Waals surface area contributed by atoms with Gasteiger partial charge >= 0.3 is 207 Å². The Morgan fingerprint density at radius 3 is 1.30 bits per heavy atom. The number of nitrogens with one attached hydrogen (secondary N) is 2. The third-order valence-corrected chi connectivity index (χ3v) is 5.80. The molecule has 0 aliphatic carbocycles. The van der Waals surface area contributed by atoms with Crippen LogP contribution in [0.2, 0.25) is 6.04 Å². The van der Waals surface area contributed by atoms with Crippen molar-refractivity contribution in [1.82, 2.24) is 10.6 Å². The molecule has 0 aromatic rings. The number of aliphatic carboxylic acids is 4. The third kappa shape index (κ3) is 40.3. The van der Waals surface area contributed by atoms with Crippen molar-refractivity contribution >= 4 is 44.5 Å². The average Bonchev–Trinajstić information content (AvgIpc) is 2.75. The van der Waals surface area contributed by atoms with Gasteiger partial charge in [0.2, 0.25) is 11.8 Å². The molecule has 0 saturated heterocycles. The van der Waals surface area contributed by atoms with E-state index in [0.717, 1.165) is 6.42 Å². The molecule has 2 N–H and O–H groups in total. The predicted molar refractivity (Wildman–Crippen MR) is 111 cm³/mol. The number of hydrogen-bond acceptors (Lipinski definition) is 13. The van der Waals surface area contributed by atoms with Gasteiger partial charge in [0.1, 0.15) is 0 Å². The van der Waals surface area contributed by atoms with Gasteiger partial charge in [0.15, 0.2) is 0 Å². The zero-order chi connectivity index (χ0) is 29.2. The van der Waals surface area contributed by atoms with E-state index < -0.39 is 69.2 Å². The second-order valence-corrected chi connectivity index (χ2v) is 9.93. The summed E-state index contributed by atoms with van der Waals surface area (Å²) in [5.41, 5.74) is 0. The zero-order valence-corrected chi connectivity index (χ0v) is 42.6. The van der Waals surface area contributed by atoms with Crippen molar-refractivity contribution in [3.05, 3.63) is 0 Å². The van der Waals surface area contributed by atoms with Crippen LogP contribution in [0.15, 0.2) is 0 Å². The standard InChI is InChI=1S/C14H21NO9.C7H14NO4Si.7Na/c1-2-3-4-15-12(20)11(7(13(21)22)5-9(16)17)8(14(23)24)6-10(18)19;1-2-4-7(9)8-5-3-6-13(10,11)12;;;;;;;/h7-8,11H,2-6H2,1H3,(H,15,20)(H,16,17)(H,18,19)(H,21,22)(H,23,24);2-6H2,1H3,(H,8,9);;;;;;;/q;-3;7*+1/p-4/t7-,8+,11?;;;;;;;;. The monoisotopic (exact) mass is 708 g/mol. The number of hydrogen-bond donors (Lipinski definition) is 2. The van der Waals surface area contributed by atoms with Gasteiger partial charge in [-0.15, -0.1) is 6.04 Å². The molecule has 0 aromatic heterocycles. The molecule has 0 aliphatic rings. The summed E-state index contributed by atoms with van der Waals surface area (Å²) in [6.45, 7) is 4.01. The molecule has 0 heterocycles. The van der Waals surface area contributed by atoms with Crippen LogP contribution in [0.4, 0.5) is 0 Å². The molecule has 0 saturated carbocycles. The molecule has 15 nitrogen and oxygen atoms in total. The van der Waals surface area contributed by atoms with Crippen LogP contribution in [0.5, 0.6) is 0 Å². The fraction of sp³-hybridized carbons (Fsp3) is 0.714. The summed E-state index contributed by atoms with van der Waals surface area (Å²) in [5, 5.41) is 48.5. The molecule has 23 heteroatoms. The van der Waals surface area contributed by atoms with Gasteiger partial charge in [-0.1, -0.05) is 20.3 Å². The molecular weight excluding hydrogens is 677 g/mol. The summed E-state index contributed by atoms with van der Waals surface area (Å²) in [6, 6.07) is -0.362. The van der Waals surface area contributed by atoms with E-state index in [9.17, 15) is 63.6 Å². The van der Waals surface area contributed by atoms with Crippen molar-refractivity contribution in [1.29, 1.82) is 0 Å². The van der Waals surface area contributed by atoms with E-state index in [1.54, 1.807) is 6.92 Å². The van der Waals surface area contributed by atoms with Crippen molar-refractivity contribution in [3.8, 4) is 0 Å². The van der Waals surface area contributed by atoms with Crippen LogP contribution in [0, 0.1) is 17.8 Å². The van der Waals surface area contributed by atoms with Crippen LogP contribution in [-0.4, -0.2) is 57.6 Å². The number of unbranched alkanes of at least 4 members (excludes halogenated alkanes) is 1. The van der Waals surface area contributed by atoms with Gasteiger partial charge < -0.3 is 64.6 Å². The van der Waals surface area contributed by atoms with Crippen LogP contribution in [-0.2, 0) is 28.8 Å². The van der Waals surface area contributed by atoms with Crippen LogP contribution >= 0.6 is 0 Å². The topological polar surface area (TPSA) is 288 Å². The van der Waals surface area contributed by atoms with Crippen molar-refractivity contribution in [3.63, 3.8) is 0 Å². The number of carbonyl (C=O) groups excluding carboxylic acids is 6. The molecule has 0 aromatic carbocycles. The van der Waals surface area contributed by atoms with Crippen LogP contribution in [0.1, 0.15) is 58.8 Å². The summed E-state index contributed by atoms with van der Waals surface area (Å²) >= 11 is 0. The number of carboxylic acid groups (broad SMARTS) is 4. The van der Waals surface area contributed by atoms with Crippen LogP contribution < -0.4 is 252 Å². The Morgan fingerprint density at radius 1 is 0.614 bits per heavy atom. The molecule has 0 rings (SSSR count). The molecule has 0 fully saturated rings. The maximum absolute atomic E-state index is 12.2. The fourth-order valence-electron chi connectivity index (χ4n) is 3.07. The van der Waals surface area contributed by atoms with E-state index in [1.807, 2.05) is 6.92 Å². The van der Waals surface area contributed by atoms with Crippen molar-refractivity contribution in [2.75, 3.05) is 13.1 Å². The SMILES string of the molecule is CCCC(=O)NCCC[Si]([O-])([O-])[O-].CCCCNC(=O)C([C@H](CC(=O)[O-])C(=O)[O-])[C@@H](CC(=O)[O-])C(=O)[O-].[Na+].[Na+].[Na+].[Na+].[Na+].[Na+].[Na+]. The quantitative estimate of drug-likeness (QED) is 0.0989. The molecule has 0 radical (unpaired) electrons. The van der Waals surface area contributed by atoms with Crippen molar-refractivity contribution < 1.29 is 270 Å². The number of rotatable bonds is 18. The summed E-state index contributed by atoms with van der Waals surface area (Å²) in [6.07, 6.45) is 0.125. The first-order valence-corrected chi connectivity index (χ1v) is 13.5. The molecular formula is C21H31N2Na7O13Si.